The second kappa shape index (κ2) is 8.39. The largest absolute Gasteiger partial charge is 0.484 e. The Morgan fingerprint density at radius 1 is 1.04 bits per heavy atom. The fourth-order valence-electron chi connectivity index (χ4n) is 2.45. The molecule has 3 aromatic rings. The zero-order valence-corrected chi connectivity index (χ0v) is 15.4. The topological polar surface area (TPSA) is 94.8 Å². The van der Waals surface area contributed by atoms with Crippen molar-refractivity contribution in [3.8, 4) is 5.75 Å². The van der Waals surface area contributed by atoms with Gasteiger partial charge in [-0.25, -0.2) is 9.59 Å². The number of benzene rings is 2. The van der Waals surface area contributed by atoms with Gasteiger partial charge in [-0.15, -0.1) is 0 Å². The van der Waals surface area contributed by atoms with Crippen molar-refractivity contribution >= 4 is 28.5 Å². The molecule has 0 saturated carbocycles. The highest BCUT2D eigenvalue weighted by molar-refractivity contribution is 5.93. The second-order valence-corrected chi connectivity index (χ2v) is 6.32. The first-order chi connectivity index (χ1) is 13.4. The van der Waals surface area contributed by atoms with Crippen LogP contribution in [0.3, 0.4) is 0 Å². The molecule has 0 bridgehead atoms. The number of nitrogens with one attached hydrogen (secondary N) is 1. The third kappa shape index (κ3) is 4.97. The van der Waals surface area contributed by atoms with Gasteiger partial charge in [0.25, 0.3) is 5.91 Å². The van der Waals surface area contributed by atoms with Crippen molar-refractivity contribution in [2.24, 2.45) is 0 Å². The van der Waals surface area contributed by atoms with E-state index in [1.807, 2.05) is 0 Å². The molecule has 7 heteroatoms. The maximum Gasteiger partial charge on any atom is 0.338 e. The zero-order valence-electron chi connectivity index (χ0n) is 15.4. The van der Waals surface area contributed by atoms with Crippen LogP contribution in [0.25, 0.3) is 11.0 Å². The van der Waals surface area contributed by atoms with Crippen LogP contribution in [0.15, 0.2) is 63.8 Å². The Labute approximate surface area is 160 Å². The van der Waals surface area contributed by atoms with Crippen LogP contribution in [0.5, 0.6) is 5.75 Å². The summed E-state index contributed by atoms with van der Waals surface area (Å²) in [7, 11) is 0. The molecule has 1 heterocycles. The molecule has 7 nitrogen and oxygen atoms in total. The van der Waals surface area contributed by atoms with E-state index in [1.54, 1.807) is 62.4 Å². The second-order valence-electron chi connectivity index (χ2n) is 6.32. The van der Waals surface area contributed by atoms with Gasteiger partial charge in [-0.05, 0) is 56.3 Å². The molecule has 0 fully saturated rings. The number of carbonyl (C=O) groups excluding carboxylic acids is 2. The van der Waals surface area contributed by atoms with Crippen LogP contribution in [0.2, 0.25) is 0 Å². The first kappa shape index (κ1) is 19.2. The fourth-order valence-corrected chi connectivity index (χ4v) is 2.45. The van der Waals surface area contributed by atoms with E-state index >= 15 is 0 Å². The highest BCUT2D eigenvalue weighted by Gasteiger charge is 2.10. The molecular weight excluding hydrogens is 362 g/mol. The molecule has 0 aliphatic rings. The van der Waals surface area contributed by atoms with Crippen molar-refractivity contribution in [2.75, 3.05) is 11.9 Å². The average molecular weight is 381 g/mol. The van der Waals surface area contributed by atoms with Crippen LogP contribution in [0.4, 0.5) is 5.69 Å². The Kier molecular flexibility index (Phi) is 5.74. The van der Waals surface area contributed by atoms with Gasteiger partial charge in [-0.3, -0.25) is 4.79 Å². The normalized spacial score (nSPS) is 10.7. The van der Waals surface area contributed by atoms with E-state index < -0.39 is 11.6 Å². The van der Waals surface area contributed by atoms with Gasteiger partial charge < -0.3 is 19.2 Å². The zero-order chi connectivity index (χ0) is 20.1. The molecule has 2 aromatic carbocycles. The van der Waals surface area contributed by atoms with Gasteiger partial charge in [0.2, 0.25) is 0 Å². The number of fused-ring (bicyclic) bond motifs is 1. The average Bonchev–Trinajstić information content (AvgIpc) is 2.66. The lowest BCUT2D eigenvalue weighted by Gasteiger charge is -2.10. The van der Waals surface area contributed by atoms with Crippen LogP contribution in [0, 0.1) is 0 Å². The summed E-state index contributed by atoms with van der Waals surface area (Å²) in [6.07, 6.45) is -0.202. The standard InChI is InChI=1S/C21H19NO6/c1-13(2)27-21(25)15-3-7-16(8-4-15)22-19(23)12-26-17-9-5-14-6-10-20(24)28-18(14)11-17/h3-11,13H,12H2,1-2H3,(H,22,23). The van der Waals surface area contributed by atoms with Crippen molar-refractivity contribution in [1.82, 2.24) is 0 Å². The van der Waals surface area contributed by atoms with E-state index in [4.69, 9.17) is 13.9 Å². The Balaban J connectivity index is 1.57. The van der Waals surface area contributed by atoms with Gasteiger partial charge in [0.15, 0.2) is 6.61 Å². The summed E-state index contributed by atoms with van der Waals surface area (Å²) < 4.78 is 15.6. The molecule has 0 aliphatic carbocycles. The van der Waals surface area contributed by atoms with Crippen LogP contribution >= 0.6 is 0 Å². The Hall–Kier alpha value is -3.61. The molecule has 0 aliphatic heterocycles. The minimum Gasteiger partial charge on any atom is -0.484 e. The number of hydrogen-bond acceptors (Lipinski definition) is 6. The molecule has 28 heavy (non-hydrogen) atoms. The number of rotatable bonds is 6. The van der Waals surface area contributed by atoms with E-state index in [0.29, 0.717) is 22.6 Å². The van der Waals surface area contributed by atoms with Crippen LogP contribution in [-0.2, 0) is 9.53 Å². The highest BCUT2D eigenvalue weighted by atomic mass is 16.5. The number of anilines is 1. The summed E-state index contributed by atoms with van der Waals surface area (Å²) in [5, 5.41) is 3.43. The van der Waals surface area contributed by atoms with E-state index in [9.17, 15) is 14.4 Å². The number of esters is 1. The molecule has 0 spiro atoms. The summed E-state index contributed by atoms with van der Waals surface area (Å²) in [6.45, 7) is 3.32. The van der Waals surface area contributed by atoms with Gasteiger partial charge in [0, 0.05) is 23.2 Å². The minimum absolute atomic E-state index is 0.202. The first-order valence-corrected chi connectivity index (χ1v) is 8.68. The Bertz CT molecular complexity index is 1050. The summed E-state index contributed by atoms with van der Waals surface area (Å²) in [6, 6.07) is 14.3. The highest BCUT2D eigenvalue weighted by Crippen LogP contribution is 2.19. The quantitative estimate of drug-likeness (QED) is 0.520. The molecule has 144 valence electrons. The van der Waals surface area contributed by atoms with Crippen molar-refractivity contribution in [2.45, 2.75) is 20.0 Å². The van der Waals surface area contributed by atoms with Crippen molar-refractivity contribution in [3.63, 3.8) is 0 Å². The predicted octanol–water partition coefficient (Wildman–Crippen LogP) is 3.38. The third-order valence-electron chi connectivity index (χ3n) is 3.71. The minimum atomic E-state index is -0.455. The molecule has 1 N–H and O–H groups in total. The van der Waals surface area contributed by atoms with Crippen LogP contribution in [-0.4, -0.2) is 24.6 Å². The lowest BCUT2D eigenvalue weighted by atomic mass is 10.2. The molecule has 0 radical (unpaired) electrons. The predicted molar refractivity (Wildman–Crippen MR) is 104 cm³/mol. The van der Waals surface area contributed by atoms with E-state index in [0.717, 1.165) is 5.39 Å². The van der Waals surface area contributed by atoms with Gasteiger partial charge in [0.1, 0.15) is 11.3 Å². The lowest BCUT2D eigenvalue weighted by Crippen LogP contribution is -2.20. The molecule has 0 unspecified atom stereocenters. The van der Waals surface area contributed by atoms with Gasteiger partial charge in [-0.1, -0.05) is 0 Å². The molecule has 0 saturated heterocycles. The number of ether oxygens (including phenoxy) is 2. The molecular formula is C21H19NO6. The van der Waals surface area contributed by atoms with Gasteiger partial charge >= 0.3 is 11.6 Å². The Morgan fingerprint density at radius 3 is 2.46 bits per heavy atom. The van der Waals surface area contributed by atoms with E-state index in [-0.39, 0.29) is 18.6 Å². The maximum atomic E-state index is 12.1. The fraction of sp³-hybridized carbons (Fsp3) is 0.190. The van der Waals surface area contributed by atoms with Crippen molar-refractivity contribution in [1.29, 1.82) is 0 Å². The molecule has 3 rings (SSSR count). The maximum absolute atomic E-state index is 12.1. The third-order valence-corrected chi connectivity index (χ3v) is 3.71. The molecule has 1 amide bonds. The first-order valence-electron chi connectivity index (χ1n) is 8.68. The van der Waals surface area contributed by atoms with Crippen molar-refractivity contribution < 1.29 is 23.5 Å². The van der Waals surface area contributed by atoms with Crippen LogP contribution < -0.4 is 15.7 Å². The molecule has 0 atom stereocenters. The van der Waals surface area contributed by atoms with E-state index in [1.165, 1.54) is 6.07 Å². The summed E-state index contributed by atoms with van der Waals surface area (Å²) in [5.41, 5.74) is 0.859. The lowest BCUT2D eigenvalue weighted by molar-refractivity contribution is -0.118. The number of carbonyl (C=O) groups is 2. The SMILES string of the molecule is CC(C)OC(=O)c1ccc(NC(=O)COc2ccc3ccc(=O)oc3c2)cc1. The summed E-state index contributed by atoms with van der Waals surface area (Å²) in [4.78, 5) is 35.2. The van der Waals surface area contributed by atoms with Gasteiger partial charge in [-0.2, -0.15) is 0 Å². The monoisotopic (exact) mass is 381 g/mol. The Morgan fingerprint density at radius 2 is 1.75 bits per heavy atom. The smallest absolute Gasteiger partial charge is 0.338 e. The van der Waals surface area contributed by atoms with Crippen LogP contribution in [0.1, 0.15) is 24.2 Å². The number of amides is 1. The molecule has 1 aromatic heterocycles. The summed E-state index contributed by atoms with van der Waals surface area (Å²) >= 11 is 0. The summed E-state index contributed by atoms with van der Waals surface area (Å²) in [5.74, 6) is -0.380. The van der Waals surface area contributed by atoms with Gasteiger partial charge in [0.05, 0.1) is 11.7 Å². The van der Waals surface area contributed by atoms with Crippen molar-refractivity contribution in [3.05, 3.63) is 70.6 Å². The number of hydrogen-bond donors (Lipinski definition) is 1. The van der Waals surface area contributed by atoms with E-state index in [2.05, 4.69) is 5.32 Å².